The van der Waals surface area contributed by atoms with Gasteiger partial charge in [0.05, 0.1) is 0 Å². The summed E-state index contributed by atoms with van der Waals surface area (Å²) in [5.74, 6) is 0.958. The maximum absolute atomic E-state index is 5.72. The molecule has 19 heavy (non-hydrogen) atoms. The number of rotatable bonds is 6. The van der Waals surface area contributed by atoms with E-state index in [4.69, 9.17) is 4.74 Å². The molecular weight excluding hydrogens is 260 g/mol. The molecule has 0 radical (unpaired) electrons. The van der Waals surface area contributed by atoms with E-state index in [1.807, 2.05) is 30.3 Å². The molecule has 2 rings (SSSR count). The van der Waals surface area contributed by atoms with E-state index in [9.17, 15) is 0 Å². The molecule has 108 valence electrons. The van der Waals surface area contributed by atoms with Crippen molar-refractivity contribution < 1.29 is 4.74 Å². The first-order chi connectivity index (χ1) is 8.68. The van der Waals surface area contributed by atoms with E-state index in [0.717, 1.165) is 38.5 Å². The fourth-order valence-electron chi connectivity index (χ4n) is 2.57. The van der Waals surface area contributed by atoms with Crippen LogP contribution in [-0.2, 0) is 0 Å². The molecule has 0 bridgehead atoms. The van der Waals surface area contributed by atoms with Crippen LogP contribution in [0.5, 0.6) is 5.75 Å². The molecule has 1 aromatic rings. The molecule has 0 aromatic heterocycles. The zero-order chi connectivity index (χ0) is 12.8. The highest BCUT2D eigenvalue weighted by Gasteiger charge is 2.29. The molecule has 1 atom stereocenters. The van der Waals surface area contributed by atoms with Gasteiger partial charge in [0.1, 0.15) is 12.4 Å². The van der Waals surface area contributed by atoms with Gasteiger partial charge in [-0.3, -0.25) is 0 Å². The highest BCUT2D eigenvalue weighted by molar-refractivity contribution is 5.85. The quantitative estimate of drug-likeness (QED) is 0.868. The molecule has 3 nitrogen and oxygen atoms in total. The van der Waals surface area contributed by atoms with Crippen molar-refractivity contribution in [2.45, 2.75) is 13.3 Å². The molecule has 1 fully saturated rings. The number of nitrogens with one attached hydrogen (secondary N) is 1. The number of hydrogen-bond donors (Lipinski definition) is 1. The average Bonchev–Trinajstić information content (AvgIpc) is 2.77. The van der Waals surface area contributed by atoms with E-state index < -0.39 is 0 Å². The Hall–Kier alpha value is -0.770. The predicted molar refractivity (Wildman–Crippen MR) is 82.3 cm³/mol. The lowest BCUT2D eigenvalue weighted by molar-refractivity contribution is 0.177. The number of halogens is 1. The van der Waals surface area contributed by atoms with Gasteiger partial charge in [-0.1, -0.05) is 25.1 Å². The minimum absolute atomic E-state index is 0. The summed E-state index contributed by atoms with van der Waals surface area (Å²) in [4.78, 5) is 2.37. The van der Waals surface area contributed by atoms with E-state index in [-0.39, 0.29) is 12.4 Å². The summed E-state index contributed by atoms with van der Waals surface area (Å²) < 4.78 is 5.72. The van der Waals surface area contributed by atoms with E-state index in [1.54, 1.807) is 0 Å². The maximum Gasteiger partial charge on any atom is 0.119 e. The van der Waals surface area contributed by atoms with Crippen LogP contribution in [0.2, 0.25) is 0 Å². The topological polar surface area (TPSA) is 24.5 Å². The van der Waals surface area contributed by atoms with Gasteiger partial charge in [0, 0.05) is 19.6 Å². The number of hydrogen-bond acceptors (Lipinski definition) is 3. The molecule has 1 N–H and O–H groups in total. The van der Waals surface area contributed by atoms with Crippen LogP contribution in [0.3, 0.4) is 0 Å². The Bertz CT molecular complexity index is 352. The second-order valence-corrected chi connectivity index (χ2v) is 5.64. The molecule has 1 heterocycles. The van der Waals surface area contributed by atoms with Gasteiger partial charge in [0.15, 0.2) is 0 Å². The molecule has 1 aliphatic rings. The SMILES string of the molecule is CN(CCOc1ccccc1)CC1(C)CCNC1.Cl. The molecular formula is C15H25ClN2O. The van der Waals surface area contributed by atoms with E-state index in [2.05, 4.69) is 24.2 Å². The van der Waals surface area contributed by atoms with Crippen molar-refractivity contribution >= 4 is 12.4 Å². The van der Waals surface area contributed by atoms with E-state index in [0.29, 0.717) is 5.41 Å². The van der Waals surface area contributed by atoms with Crippen LogP contribution >= 0.6 is 12.4 Å². The first-order valence-corrected chi connectivity index (χ1v) is 6.75. The monoisotopic (exact) mass is 284 g/mol. The first-order valence-electron chi connectivity index (χ1n) is 6.75. The third-order valence-corrected chi connectivity index (χ3v) is 3.59. The average molecular weight is 285 g/mol. The molecule has 1 unspecified atom stereocenters. The van der Waals surface area contributed by atoms with Crippen LogP contribution in [0.15, 0.2) is 30.3 Å². The summed E-state index contributed by atoms with van der Waals surface area (Å²) in [7, 11) is 2.18. The van der Waals surface area contributed by atoms with Gasteiger partial charge in [-0.05, 0) is 37.6 Å². The standard InChI is InChI=1S/C15H24N2O.ClH/c1-15(8-9-16-12-15)13-17(2)10-11-18-14-6-4-3-5-7-14;/h3-7,16H,8-13H2,1-2H3;1H. The highest BCUT2D eigenvalue weighted by atomic mass is 35.5. The Morgan fingerprint density at radius 3 is 2.68 bits per heavy atom. The molecule has 4 heteroatoms. The summed E-state index contributed by atoms with van der Waals surface area (Å²) in [6, 6.07) is 10.0. The number of para-hydroxylation sites is 1. The van der Waals surface area contributed by atoms with Crippen molar-refractivity contribution in [3.05, 3.63) is 30.3 Å². The highest BCUT2D eigenvalue weighted by Crippen LogP contribution is 2.24. The van der Waals surface area contributed by atoms with Gasteiger partial charge >= 0.3 is 0 Å². The Labute approximate surface area is 122 Å². The van der Waals surface area contributed by atoms with Crippen LogP contribution in [0.25, 0.3) is 0 Å². The minimum Gasteiger partial charge on any atom is -0.492 e. The van der Waals surface area contributed by atoms with Crippen LogP contribution in [-0.4, -0.2) is 44.7 Å². The van der Waals surface area contributed by atoms with Gasteiger partial charge in [-0.15, -0.1) is 12.4 Å². The zero-order valence-corrected chi connectivity index (χ0v) is 12.7. The second-order valence-electron chi connectivity index (χ2n) is 5.64. The van der Waals surface area contributed by atoms with Crippen LogP contribution in [0.4, 0.5) is 0 Å². The van der Waals surface area contributed by atoms with Crippen molar-refractivity contribution in [2.75, 3.05) is 39.8 Å². The largest absolute Gasteiger partial charge is 0.492 e. The van der Waals surface area contributed by atoms with Crippen molar-refractivity contribution in [3.63, 3.8) is 0 Å². The van der Waals surface area contributed by atoms with Crippen molar-refractivity contribution in [1.29, 1.82) is 0 Å². The molecule has 0 saturated carbocycles. The van der Waals surface area contributed by atoms with Crippen molar-refractivity contribution in [1.82, 2.24) is 10.2 Å². The Morgan fingerprint density at radius 2 is 2.05 bits per heavy atom. The summed E-state index contributed by atoms with van der Waals surface area (Å²) in [5.41, 5.74) is 0.432. The van der Waals surface area contributed by atoms with Gasteiger partial charge in [0.25, 0.3) is 0 Å². The first kappa shape index (κ1) is 16.3. The molecule has 1 saturated heterocycles. The van der Waals surface area contributed by atoms with Crippen LogP contribution in [0.1, 0.15) is 13.3 Å². The number of benzene rings is 1. The van der Waals surface area contributed by atoms with Gasteiger partial charge in [-0.2, -0.15) is 0 Å². The van der Waals surface area contributed by atoms with Gasteiger partial charge in [0.2, 0.25) is 0 Å². The Balaban J connectivity index is 0.00000180. The molecule has 0 amide bonds. The van der Waals surface area contributed by atoms with E-state index in [1.165, 1.54) is 6.42 Å². The summed E-state index contributed by atoms with van der Waals surface area (Å²) in [6.45, 7) is 7.52. The molecule has 0 aliphatic carbocycles. The number of ether oxygens (including phenoxy) is 1. The lowest BCUT2D eigenvalue weighted by Gasteiger charge is -2.29. The normalized spacial score (nSPS) is 22.3. The fraction of sp³-hybridized carbons (Fsp3) is 0.600. The smallest absolute Gasteiger partial charge is 0.119 e. The number of likely N-dealkylation sites (N-methyl/N-ethyl adjacent to an activating group) is 1. The van der Waals surface area contributed by atoms with Gasteiger partial charge < -0.3 is 15.0 Å². The third-order valence-electron chi connectivity index (χ3n) is 3.59. The predicted octanol–water partition coefficient (Wildman–Crippen LogP) is 2.42. The Morgan fingerprint density at radius 1 is 1.32 bits per heavy atom. The molecule has 1 aromatic carbocycles. The van der Waals surface area contributed by atoms with E-state index >= 15 is 0 Å². The maximum atomic E-state index is 5.72. The lowest BCUT2D eigenvalue weighted by Crippen LogP contribution is -2.37. The van der Waals surface area contributed by atoms with Crippen LogP contribution < -0.4 is 10.1 Å². The number of nitrogens with zero attached hydrogens (tertiary/aromatic N) is 1. The fourth-order valence-corrected chi connectivity index (χ4v) is 2.57. The second kappa shape index (κ2) is 7.73. The summed E-state index contributed by atoms with van der Waals surface area (Å²) in [5, 5.41) is 3.44. The zero-order valence-electron chi connectivity index (χ0n) is 11.9. The van der Waals surface area contributed by atoms with Crippen LogP contribution in [0, 0.1) is 5.41 Å². The van der Waals surface area contributed by atoms with Crippen molar-refractivity contribution in [3.8, 4) is 5.75 Å². The summed E-state index contributed by atoms with van der Waals surface area (Å²) in [6.07, 6.45) is 1.27. The van der Waals surface area contributed by atoms with Gasteiger partial charge in [-0.25, -0.2) is 0 Å². The third kappa shape index (κ3) is 5.39. The van der Waals surface area contributed by atoms with Crippen molar-refractivity contribution in [2.24, 2.45) is 5.41 Å². The summed E-state index contributed by atoms with van der Waals surface area (Å²) >= 11 is 0. The molecule has 1 aliphatic heterocycles. The minimum atomic E-state index is 0. The molecule has 0 spiro atoms. The Kier molecular flexibility index (Phi) is 6.63. The lowest BCUT2D eigenvalue weighted by atomic mass is 9.89.